The van der Waals surface area contributed by atoms with Crippen LogP contribution in [0, 0.1) is 0 Å². The summed E-state index contributed by atoms with van der Waals surface area (Å²) in [5, 5.41) is 6.35. The third-order valence-electron chi connectivity index (χ3n) is 2.46. The fourth-order valence-electron chi connectivity index (χ4n) is 1.55. The molecule has 6 nitrogen and oxygen atoms in total. The number of hydrogen-bond donors (Lipinski definition) is 2. The van der Waals surface area contributed by atoms with Crippen molar-refractivity contribution in [2.75, 3.05) is 24.9 Å². The smallest absolute Gasteiger partial charge is 0.176 e. The molecule has 0 atom stereocenters. The largest absolute Gasteiger partial charge is 0.497 e. The number of ether oxygens (including phenoxy) is 2. The molecule has 20 heavy (non-hydrogen) atoms. The first-order chi connectivity index (χ1) is 9.72. The van der Waals surface area contributed by atoms with Crippen molar-refractivity contribution < 1.29 is 9.47 Å². The van der Waals surface area contributed by atoms with E-state index >= 15 is 0 Å². The summed E-state index contributed by atoms with van der Waals surface area (Å²) in [7, 11) is 3.19. The van der Waals surface area contributed by atoms with Gasteiger partial charge in [-0.2, -0.15) is 0 Å². The minimum absolute atomic E-state index is 0.386. The standard InChI is InChI=1S/C13H14N4O2S/c1-18-9-3-4-11(19-2)10(7-9)16-13(20)17-12-8-14-5-6-15-12/h3-8H,1-2H3,(H2,15,16,17,20). The third kappa shape index (κ3) is 3.55. The highest BCUT2D eigenvalue weighted by Gasteiger charge is 2.07. The lowest BCUT2D eigenvalue weighted by molar-refractivity contribution is 0.405. The minimum Gasteiger partial charge on any atom is -0.497 e. The predicted octanol–water partition coefficient (Wildman–Crippen LogP) is 2.30. The van der Waals surface area contributed by atoms with Crippen molar-refractivity contribution in [2.24, 2.45) is 0 Å². The van der Waals surface area contributed by atoms with Crippen molar-refractivity contribution in [1.29, 1.82) is 0 Å². The summed E-state index contributed by atoms with van der Waals surface area (Å²) in [5.74, 6) is 1.93. The summed E-state index contributed by atoms with van der Waals surface area (Å²) in [6.07, 6.45) is 4.75. The molecule has 0 unspecified atom stereocenters. The Kier molecular flexibility index (Phi) is 4.67. The molecule has 0 saturated heterocycles. The van der Waals surface area contributed by atoms with E-state index in [4.69, 9.17) is 21.7 Å². The van der Waals surface area contributed by atoms with Crippen molar-refractivity contribution in [1.82, 2.24) is 9.97 Å². The Hall–Kier alpha value is -2.41. The quantitative estimate of drug-likeness (QED) is 0.837. The van der Waals surface area contributed by atoms with Gasteiger partial charge in [0.1, 0.15) is 11.5 Å². The van der Waals surface area contributed by atoms with Gasteiger partial charge in [-0.3, -0.25) is 4.98 Å². The summed E-state index contributed by atoms with van der Waals surface area (Å²) in [5.41, 5.74) is 0.702. The first-order valence-electron chi connectivity index (χ1n) is 5.79. The van der Waals surface area contributed by atoms with E-state index in [-0.39, 0.29) is 0 Å². The number of benzene rings is 1. The molecule has 1 aromatic heterocycles. The first-order valence-corrected chi connectivity index (χ1v) is 6.20. The van der Waals surface area contributed by atoms with Crippen molar-refractivity contribution in [3.05, 3.63) is 36.8 Å². The van der Waals surface area contributed by atoms with E-state index in [2.05, 4.69) is 20.6 Å². The number of nitrogens with one attached hydrogen (secondary N) is 2. The monoisotopic (exact) mass is 290 g/mol. The van der Waals surface area contributed by atoms with Crippen LogP contribution < -0.4 is 20.1 Å². The molecule has 2 N–H and O–H groups in total. The Balaban J connectivity index is 2.10. The predicted molar refractivity (Wildman–Crippen MR) is 81.4 cm³/mol. The van der Waals surface area contributed by atoms with E-state index in [0.717, 1.165) is 0 Å². The molecule has 0 bridgehead atoms. The maximum atomic E-state index is 5.26. The van der Waals surface area contributed by atoms with Gasteiger partial charge in [-0.25, -0.2) is 4.98 Å². The van der Waals surface area contributed by atoms with Crippen LogP contribution >= 0.6 is 12.2 Å². The van der Waals surface area contributed by atoms with Gasteiger partial charge in [-0.1, -0.05) is 0 Å². The molecular formula is C13H14N4O2S. The van der Waals surface area contributed by atoms with E-state index in [0.29, 0.717) is 28.1 Å². The Morgan fingerprint density at radius 3 is 2.65 bits per heavy atom. The second-order valence-electron chi connectivity index (χ2n) is 3.74. The maximum absolute atomic E-state index is 5.26. The molecule has 0 aliphatic rings. The Labute approximate surface area is 122 Å². The molecule has 2 aromatic rings. The summed E-state index contributed by atoms with van der Waals surface area (Å²) >= 11 is 5.22. The third-order valence-corrected chi connectivity index (χ3v) is 2.66. The van der Waals surface area contributed by atoms with Crippen LogP contribution in [0.25, 0.3) is 0 Å². The number of anilines is 2. The zero-order chi connectivity index (χ0) is 14.4. The number of hydrogen-bond acceptors (Lipinski definition) is 5. The van der Waals surface area contributed by atoms with Crippen molar-refractivity contribution >= 4 is 28.8 Å². The Bertz CT molecular complexity index is 592. The molecule has 0 fully saturated rings. The van der Waals surface area contributed by atoms with Crippen LogP contribution in [0.15, 0.2) is 36.8 Å². The van der Waals surface area contributed by atoms with Crippen LogP contribution in [-0.4, -0.2) is 29.3 Å². The van der Waals surface area contributed by atoms with Crippen LogP contribution in [0.4, 0.5) is 11.5 Å². The summed E-state index contributed by atoms with van der Waals surface area (Å²) in [4.78, 5) is 8.03. The number of methoxy groups -OCH3 is 2. The van der Waals surface area contributed by atoms with E-state index in [1.165, 1.54) is 0 Å². The lowest BCUT2D eigenvalue weighted by Gasteiger charge is -2.13. The first kappa shape index (κ1) is 14.0. The van der Waals surface area contributed by atoms with E-state index in [9.17, 15) is 0 Å². The molecule has 1 heterocycles. The zero-order valence-electron chi connectivity index (χ0n) is 11.1. The van der Waals surface area contributed by atoms with Crippen LogP contribution in [-0.2, 0) is 0 Å². The fraction of sp³-hybridized carbons (Fsp3) is 0.154. The normalized spacial score (nSPS) is 9.70. The second kappa shape index (κ2) is 6.67. The van der Waals surface area contributed by atoms with Gasteiger partial charge in [-0.15, -0.1) is 0 Å². The van der Waals surface area contributed by atoms with Crippen LogP contribution in [0.2, 0.25) is 0 Å². The topological polar surface area (TPSA) is 68.3 Å². The molecule has 1 aromatic carbocycles. The second-order valence-corrected chi connectivity index (χ2v) is 4.14. The molecule has 7 heteroatoms. The maximum Gasteiger partial charge on any atom is 0.176 e. The number of thiocarbonyl (C=S) groups is 1. The van der Waals surface area contributed by atoms with Gasteiger partial charge in [-0.05, 0) is 24.4 Å². The van der Waals surface area contributed by atoms with E-state index < -0.39 is 0 Å². The molecule has 0 aliphatic heterocycles. The molecule has 2 rings (SSSR count). The van der Waals surface area contributed by atoms with Crippen LogP contribution in [0.1, 0.15) is 0 Å². The van der Waals surface area contributed by atoms with Crippen molar-refractivity contribution in [3.8, 4) is 11.5 Å². The SMILES string of the molecule is COc1ccc(OC)c(NC(=S)Nc2cnccn2)c1. The number of nitrogens with zero attached hydrogens (tertiary/aromatic N) is 2. The van der Waals surface area contributed by atoms with Gasteiger partial charge >= 0.3 is 0 Å². The van der Waals surface area contributed by atoms with Crippen LogP contribution in [0.5, 0.6) is 11.5 Å². The minimum atomic E-state index is 0.386. The highest BCUT2D eigenvalue weighted by atomic mass is 32.1. The molecule has 0 radical (unpaired) electrons. The van der Waals surface area contributed by atoms with E-state index in [1.54, 1.807) is 44.9 Å². The average molecular weight is 290 g/mol. The highest BCUT2D eigenvalue weighted by Crippen LogP contribution is 2.28. The molecule has 104 valence electrons. The highest BCUT2D eigenvalue weighted by molar-refractivity contribution is 7.80. The van der Waals surface area contributed by atoms with E-state index in [1.807, 2.05) is 6.07 Å². The fourth-order valence-corrected chi connectivity index (χ4v) is 1.76. The molecular weight excluding hydrogens is 276 g/mol. The van der Waals surface area contributed by atoms with Gasteiger partial charge < -0.3 is 20.1 Å². The summed E-state index contributed by atoms with van der Waals surface area (Å²) < 4.78 is 10.4. The van der Waals surface area contributed by atoms with Crippen molar-refractivity contribution in [3.63, 3.8) is 0 Å². The number of rotatable bonds is 4. The number of aromatic nitrogens is 2. The Morgan fingerprint density at radius 1 is 1.15 bits per heavy atom. The molecule has 0 saturated carbocycles. The zero-order valence-corrected chi connectivity index (χ0v) is 11.9. The molecule has 0 amide bonds. The molecule has 0 aliphatic carbocycles. The Morgan fingerprint density at radius 2 is 2.00 bits per heavy atom. The lowest BCUT2D eigenvalue weighted by atomic mass is 10.2. The van der Waals surface area contributed by atoms with Gasteiger partial charge in [0.25, 0.3) is 0 Å². The lowest BCUT2D eigenvalue weighted by Crippen LogP contribution is -2.20. The average Bonchev–Trinajstić information content (AvgIpc) is 2.48. The van der Waals surface area contributed by atoms with Gasteiger partial charge in [0, 0.05) is 18.5 Å². The van der Waals surface area contributed by atoms with Gasteiger partial charge in [0.15, 0.2) is 10.9 Å². The van der Waals surface area contributed by atoms with Gasteiger partial charge in [0.05, 0.1) is 26.1 Å². The summed E-state index contributed by atoms with van der Waals surface area (Å²) in [6.45, 7) is 0. The van der Waals surface area contributed by atoms with Crippen molar-refractivity contribution in [2.45, 2.75) is 0 Å². The molecule has 0 spiro atoms. The van der Waals surface area contributed by atoms with Gasteiger partial charge in [0.2, 0.25) is 0 Å². The van der Waals surface area contributed by atoms with Crippen LogP contribution in [0.3, 0.4) is 0 Å². The summed E-state index contributed by atoms with van der Waals surface area (Å²) in [6, 6.07) is 5.40.